The Hall–Kier alpha value is -2.07. The van der Waals surface area contributed by atoms with E-state index in [1.165, 1.54) is 6.07 Å². The molecule has 0 heterocycles. The molecule has 0 spiro atoms. The largest absolute Gasteiger partial charge is 0.497 e. The highest BCUT2D eigenvalue weighted by Gasteiger charge is 2.10. The maximum Gasteiger partial charge on any atom is 0.146 e. The van der Waals surface area contributed by atoms with E-state index in [9.17, 15) is 4.39 Å². The summed E-state index contributed by atoms with van der Waals surface area (Å²) in [4.78, 5) is 1.87. The predicted molar refractivity (Wildman–Crippen MR) is 84.1 cm³/mol. The highest BCUT2D eigenvalue weighted by Crippen LogP contribution is 2.24. The van der Waals surface area contributed by atoms with Crippen molar-refractivity contribution in [1.29, 1.82) is 0 Å². The van der Waals surface area contributed by atoms with Crippen LogP contribution in [0.2, 0.25) is 0 Å². The summed E-state index contributed by atoms with van der Waals surface area (Å²) < 4.78 is 19.4. The summed E-state index contributed by atoms with van der Waals surface area (Å²) in [6.45, 7) is 2.44. The van der Waals surface area contributed by atoms with E-state index in [0.717, 1.165) is 16.9 Å². The highest BCUT2D eigenvalue weighted by molar-refractivity contribution is 5.49. The summed E-state index contributed by atoms with van der Waals surface area (Å²) in [6.07, 6.45) is 0. The third-order valence-electron chi connectivity index (χ3n) is 3.46. The number of benzene rings is 2. The minimum absolute atomic E-state index is 0.169. The first-order valence-corrected chi connectivity index (χ1v) is 6.90. The molecule has 0 aliphatic carbocycles. The zero-order valence-corrected chi connectivity index (χ0v) is 12.6. The van der Waals surface area contributed by atoms with Gasteiger partial charge in [0.15, 0.2) is 0 Å². The third-order valence-corrected chi connectivity index (χ3v) is 3.46. The van der Waals surface area contributed by atoms with Crippen molar-refractivity contribution in [2.24, 2.45) is 5.73 Å². The second-order valence-electron chi connectivity index (χ2n) is 5.21. The molecule has 4 heteroatoms. The lowest BCUT2D eigenvalue weighted by Crippen LogP contribution is -2.18. The number of ether oxygens (including phenoxy) is 1. The molecule has 0 saturated carbocycles. The van der Waals surface area contributed by atoms with Crippen LogP contribution in [-0.2, 0) is 6.54 Å². The lowest BCUT2D eigenvalue weighted by molar-refractivity contribution is 0.414. The molecule has 2 aromatic carbocycles. The van der Waals surface area contributed by atoms with Crippen molar-refractivity contribution >= 4 is 5.69 Å². The van der Waals surface area contributed by atoms with Crippen molar-refractivity contribution in [2.75, 3.05) is 19.1 Å². The van der Waals surface area contributed by atoms with Gasteiger partial charge in [0.05, 0.1) is 12.8 Å². The van der Waals surface area contributed by atoms with E-state index in [1.54, 1.807) is 13.2 Å². The minimum Gasteiger partial charge on any atom is -0.497 e. The smallest absolute Gasteiger partial charge is 0.146 e. The van der Waals surface area contributed by atoms with Crippen molar-refractivity contribution < 1.29 is 9.13 Å². The zero-order chi connectivity index (χ0) is 15.4. The standard InChI is InChI=1S/C17H21FN2O/c1-12(19)14-7-8-17(16(18)10-14)20(2)11-13-5-4-6-15(9-13)21-3/h4-10,12H,11,19H2,1-3H3/t12-/m1/s1. The molecule has 112 valence electrons. The van der Waals surface area contributed by atoms with Gasteiger partial charge < -0.3 is 15.4 Å². The summed E-state index contributed by atoms with van der Waals surface area (Å²) in [5.74, 6) is 0.545. The fourth-order valence-electron chi connectivity index (χ4n) is 2.25. The third kappa shape index (κ3) is 3.73. The average Bonchev–Trinajstić information content (AvgIpc) is 2.47. The average molecular weight is 288 g/mol. The van der Waals surface area contributed by atoms with Crippen LogP contribution in [0, 0.1) is 5.82 Å². The van der Waals surface area contributed by atoms with Crippen molar-refractivity contribution in [3.63, 3.8) is 0 Å². The Kier molecular flexibility index (Phi) is 4.81. The fourth-order valence-corrected chi connectivity index (χ4v) is 2.25. The topological polar surface area (TPSA) is 38.5 Å². The molecular formula is C17H21FN2O. The van der Waals surface area contributed by atoms with Crippen LogP contribution in [0.4, 0.5) is 10.1 Å². The Bertz CT molecular complexity index is 613. The molecule has 0 aliphatic heterocycles. The molecule has 2 aromatic rings. The maximum atomic E-state index is 14.2. The maximum absolute atomic E-state index is 14.2. The van der Waals surface area contributed by atoms with Crippen LogP contribution in [0.3, 0.4) is 0 Å². The molecule has 0 radical (unpaired) electrons. The molecule has 0 unspecified atom stereocenters. The fraction of sp³-hybridized carbons (Fsp3) is 0.294. The summed E-state index contributed by atoms with van der Waals surface area (Å²) in [7, 11) is 3.50. The Labute approximate surface area is 125 Å². The van der Waals surface area contributed by atoms with E-state index in [1.807, 2.05) is 49.2 Å². The zero-order valence-electron chi connectivity index (χ0n) is 12.6. The van der Waals surface area contributed by atoms with Gasteiger partial charge in [0, 0.05) is 19.6 Å². The van der Waals surface area contributed by atoms with Gasteiger partial charge in [-0.15, -0.1) is 0 Å². The molecule has 3 nitrogen and oxygen atoms in total. The van der Waals surface area contributed by atoms with Gasteiger partial charge in [-0.3, -0.25) is 0 Å². The van der Waals surface area contributed by atoms with Gasteiger partial charge in [-0.2, -0.15) is 0 Å². The number of methoxy groups -OCH3 is 1. The monoisotopic (exact) mass is 288 g/mol. The molecule has 0 aromatic heterocycles. The Morgan fingerprint density at radius 1 is 1.24 bits per heavy atom. The van der Waals surface area contributed by atoms with Crippen molar-refractivity contribution in [3.8, 4) is 5.75 Å². The van der Waals surface area contributed by atoms with Crippen molar-refractivity contribution in [3.05, 3.63) is 59.4 Å². The van der Waals surface area contributed by atoms with Crippen LogP contribution in [0.25, 0.3) is 0 Å². The van der Waals surface area contributed by atoms with E-state index < -0.39 is 0 Å². The van der Waals surface area contributed by atoms with E-state index in [2.05, 4.69) is 0 Å². The normalized spacial score (nSPS) is 12.0. The molecule has 0 fully saturated rings. The first-order valence-electron chi connectivity index (χ1n) is 6.90. The minimum atomic E-state index is -0.254. The summed E-state index contributed by atoms with van der Waals surface area (Å²) in [6, 6.07) is 12.7. The van der Waals surface area contributed by atoms with Gasteiger partial charge in [-0.1, -0.05) is 18.2 Å². The van der Waals surface area contributed by atoms with Crippen molar-refractivity contribution in [2.45, 2.75) is 19.5 Å². The number of hydrogen-bond acceptors (Lipinski definition) is 3. The molecule has 21 heavy (non-hydrogen) atoms. The number of rotatable bonds is 5. The molecule has 0 bridgehead atoms. The van der Waals surface area contributed by atoms with E-state index in [4.69, 9.17) is 10.5 Å². The Balaban J connectivity index is 2.18. The Morgan fingerprint density at radius 3 is 2.62 bits per heavy atom. The van der Waals surface area contributed by atoms with Gasteiger partial charge in [-0.25, -0.2) is 4.39 Å². The van der Waals surface area contributed by atoms with Crippen LogP contribution in [0.5, 0.6) is 5.75 Å². The predicted octanol–water partition coefficient (Wildman–Crippen LogP) is 3.49. The van der Waals surface area contributed by atoms with Crippen LogP contribution in [-0.4, -0.2) is 14.2 Å². The SMILES string of the molecule is COc1cccc(CN(C)c2ccc([C@@H](C)N)cc2F)c1. The summed E-state index contributed by atoms with van der Waals surface area (Å²) in [5.41, 5.74) is 8.19. The highest BCUT2D eigenvalue weighted by atomic mass is 19.1. The lowest BCUT2D eigenvalue weighted by Gasteiger charge is -2.21. The van der Waals surface area contributed by atoms with Gasteiger partial charge in [0.1, 0.15) is 11.6 Å². The summed E-state index contributed by atoms with van der Waals surface area (Å²) in [5, 5.41) is 0. The van der Waals surface area contributed by atoms with E-state index in [0.29, 0.717) is 12.2 Å². The molecule has 2 rings (SSSR count). The first kappa shape index (κ1) is 15.3. The quantitative estimate of drug-likeness (QED) is 0.915. The molecule has 1 atom stereocenters. The first-order chi connectivity index (χ1) is 10.0. The van der Waals surface area contributed by atoms with E-state index in [-0.39, 0.29) is 11.9 Å². The van der Waals surface area contributed by atoms with Crippen molar-refractivity contribution in [1.82, 2.24) is 0 Å². The van der Waals surface area contributed by atoms with Gasteiger partial charge >= 0.3 is 0 Å². The number of nitrogens with zero attached hydrogens (tertiary/aromatic N) is 1. The van der Waals surface area contributed by atoms with Gasteiger partial charge in [0.25, 0.3) is 0 Å². The van der Waals surface area contributed by atoms with Crippen LogP contribution >= 0.6 is 0 Å². The Morgan fingerprint density at radius 2 is 2.00 bits per heavy atom. The number of anilines is 1. The lowest BCUT2D eigenvalue weighted by atomic mass is 10.1. The van der Waals surface area contributed by atoms with E-state index >= 15 is 0 Å². The summed E-state index contributed by atoms with van der Waals surface area (Å²) >= 11 is 0. The number of hydrogen-bond donors (Lipinski definition) is 1. The van der Waals surface area contributed by atoms with Crippen LogP contribution < -0.4 is 15.4 Å². The molecule has 0 aliphatic rings. The second kappa shape index (κ2) is 6.59. The molecular weight excluding hydrogens is 267 g/mol. The van der Waals surface area contributed by atoms with Crippen LogP contribution in [0.15, 0.2) is 42.5 Å². The molecule has 0 amide bonds. The second-order valence-corrected chi connectivity index (χ2v) is 5.21. The number of halogens is 1. The van der Waals surface area contributed by atoms with Gasteiger partial charge in [0.2, 0.25) is 0 Å². The molecule has 0 saturated heterocycles. The van der Waals surface area contributed by atoms with Gasteiger partial charge in [-0.05, 0) is 42.3 Å². The molecule has 2 N–H and O–H groups in total. The number of nitrogens with two attached hydrogens (primary N) is 1. The van der Waals surface area contributed by atoms with Crippen LogP contribution in [0.1, 0.15) is 24.1 Å².